The van der Waals surface area contributed by atoms with Gasteiger partial charge in [0.25, 0.3) is 0 Å². The molecule has 0 spiro atoms. The quantitative estimate of drug-likeness (QED) is 0.161. The Morgan fingerprint density at radius 2 is 1.25 bits per heavy atom. The van der Waals surface area contributed by atoms with Crippen LogP contribution in [0.5, 0.6) is 0 Å². The van der Waals surface area contributed by atoms with Crippen LogP contribution in [-0.2, 0) is 0 Å². The molecule has 6 unspecified atom stereocenters. The largest absolute Gasteiger partial charge is 0.363 e. The van der Waals surface area contributed by atoms with Crippen molar-refractivity contribution in [2.75, 3.05) is 6.54 Å². The van der Waals surface area contributed by atoms with Crippen molar-refractivity contribution in [3.05, 3.63) is 239 Å². The maximum atomic E-state index is 5.42. The molecule has 300 valence electrons. The van der Waals surface area contributed by atoms with Gasteiger partial charge in [0.15, 0.2) is 0 Å². The van der Waals surface area contributed by atoms with Crippen LogP contribution in [0.3, 0.4) is 0 Å². The van der Waals surface area contributed by atoms with E-state index in [4.69, 9.17) is 4.99 Å². The van der Waals surface area contributed by atoms with E-state index >= 15 is 0 Å². The number of benzene rings is 6. The van der Waals surface area contributed by atoms with Gasteiger partial charge in [0, 0.05) is 30.0 Å². The smallest absolute Gasteiger partial charge is 0.122 e. The fourth-order valence-electron chi connectivity index (χ4n) is 10.7. The first kappa shape index (κ1) is 37.7. The van der Waals surface area contributed by atoms with Crippen LogP contribution in [0.1, 0.15) is 95.0 Å². The van der Waals surface area contributed by atoms with Crippen molar-refractivity contribution < 1.29 is 0 Å². The Hall–Kier alpha value is -6.33. The number of hydrogen-bond acceptors (Lipinski definition) is 4. The molecule has 6 aromatic rings. The average molecular weight is 793 g/mol. The Kier molecular flexibility index (Phi) is 10.3. The second-order valence-corrected chi connectivity index (χ2v) is 17.3. The Morgan fingerprint density at radius 3 is 1.98 bits per heavy atom. The molecule has 6 atom stereocenters. The Morgan fingerprint density at radius 1 is 0.574 bits per heavy atom. The number of hydrazine groups is 1. The van der Waals surface area contributed by atoms with Crippen LogP contribution in [0.15, 0.2) is 205 Å². The predicted molar refractivity (Wildman–Crippen MR) is 252 cm³/mol. The maximum Gasteiger partial charge on any atom is 0.122 e. The number of hydrogen-bond donors (Lipinski definition) is 2. The molecule has 1 saturated heterocycles. The predicted octanol–water partition coefficient (Wildman–Crippen LogP) is 12.8. The summed E-state index contributed by atoms with van der Waals surface area (Å²) in [5.74, 6) is 0.928. The molecule has 1 fully saturated rings. The summed E-state index contributed by atoms with van der Waals surface area (Å²) >= 11 is 0. The van der Waals surface area contributed by atoms with Gasteiger partial charge >= 0.3 is 0 Å². The van der Waals surface area contributed by atoms with Crippen molar-refractivity contribution in [3.8, 4) is 11.1 Å². The fraction of sp³-hybridized carbons (Fsp3) is 0.211. The maximum absolute atomic E-state index is 5.42. The Balaban J connectivity index is 0.888. The van der Waals surface area contributed by atoms with Gasteiger partial charge in [-0.05, 0) is 99.4 Å². The number of fused-ring (bicyclic) bond motifs is 3. The molecule has 3 heterocycles. The van der Waals surface area contributed by atoms with Crippen LogP contribution < -0.4 is 10.7 Å². The lowest BCUT2D eigenvalue weighted by Crippen LogP contribution is -2.43. The zero-order valence-electron chi connectivity index (χ0n) is 34.6. The number of nitrogens with one attached hydrogen (secondary N) is 2. The minimum atomic E-state index is 0.00940. The summed E-state index contributed by atoms with van der Waals surface area (Å²) in [4.78, 5) is 5.42. The van der Waals surface area contributed by atoms with Crippen LogP contribution >= 0.6 is 0 Å². The molecule has 61 heavy (non-hydrogen) atoms. The third kappa shape index (κ3) is 7.35. The minimum absolute atomic E-state index is 0.00940. The van der Waals surface area contributed by atoms with Crippen molar-refractivity contribution in [3.63, 3.8) is 0 Å². The van der Waals surface area contributed by atoms with Crippen molar-refractivity contribution >= 4 is 17.0 Å². The average Bonchev–Trinajstić information content (AvgIpc) is 3.80. The van der Waals surface area contributed by atoms with Gasteiger partial charge in [-0.2, -0.15) is 0 Å². The molecule has 0 aromatic heterocycles. The van der Waals surface area contributed by atoms with E-state index in [1.165, 1.54) is 61.2 Å². The fourth-order valence-corrected chi connectivity index (χ4v) is 10.7. The molecule has 0 amide bonds. The van der Waals surface area contributed by atoms with Gasteiger partial charge in [-0.3, -0.25) is 10.4 Å². The minimum Gasteiger partial charge on any atom is -0.363 e. The highest BCUT2D eigenvalue weighted by atomic mass is 15.6. The molecular formula is C57H52N4. The molecular weight excluding hydrogens is 741 g/mol. The first-order valence-corrected chi connectivity index (χ1v) is 22.3. The van der Waals surface area contributed by atoms with E-state index in [1.54, 1.807) is 0 Å². The normalized spacial score (nSPS) is 24.7. The lowest BCUT2D eigenvalue weighted by atomic mass is 9.72. The summed E-state index contributed by atoms with van der Waals surface area (Å²) in [6.07, 6.45) is 17.0. The summed E-state index contributed by atoms with van der Waals surface area (Å²) in [5.41, 5.74) is 20.9. The molecule has 0 bridgehead atoms. The lowest BCUT2D eigenvalue weighted by molar-refractivity contribution is 0.0890. The molecule has 0 radical (unpaired) electrons. The number of rotatable bonds is 8. The van der Waals surface area contributed by atoms with Crippen LogP contribution in [0.25, 0.3) is 22.4 Å². The van der Waals surface area contributed by atoms with E-state index in [0.29, 0.717) is 11.8 Å². The van der Waals surface area contributed by atoms with Crippen LogP contribution in [-0.4, -0.2) is 23.4 Å². The number of aliphatic imine (C=N–C) groups is 1. The molecule has 11 rings (SSSR count). The van der Waals surface area contributed by atoms with Crippen molar-refractivity contribution in [1.29, 1.82) is 0 Å². The van der Waals surface area contributed by atoms with E-state index in [2.05, 4.69) is 210 Å². The summed E-state index contributed by atoms with van der Waals surface area (Å²) < 4.78 is 0. The first-order chi connectivity index (χ1) is 30.2. The van der Waals surface area contributed by atoms with E-state index in [9.17, 15) is 0 Å². The second-order valence-electron chi connectivity index (χ2n) is 17.3. The standard InChI is InChI=1S/C57H52N4/c1-5-16-39(17-6-1)40-28-32-44(33-29-40)53-37-52(43-20-9-3-10-21-43)59-57(60-53)46-34-30-41(31-35-46)47-24-15-25-48(36-47)54-49-26-13-14-27-50(49)56-51(42-18-7-2-8-19-42)38-58-61(56)55(54)45-22-11-4-12-23-45/h1-2,4-9,11-30,32-33,36-37,46,51,54-58,60H,3,10,31,34-35,38H2. The molecule has 3 aliphatic heterocycles. The summed E-state index contributed by atoms with van der Waals surface area (Å²) in [6, 6.07) is 61.0. The van der Waals surface area contributed by atoms with E-state index in [0.717, 1.165) is 50.1 Å². The van der Waals surface area contributed by atoms with Gasteiger partial charge in [-0.1, -0.05) is 188 Å². The lowest BCUT2D eigenvalue weighted by Gasteiger charge is -2.45. The monoisotopic (exact) mass is 792 g/mol. The molecule has 4 nitrogen and oxygen atoms in total. The summed E-state index contributed by atoms with van der Waals surface area (Å²) in [5, 5.41) is 6.52. The molecule has 4 heteroatoms. The van der Waals surface area contributed by atoms with E-state index in [-0.39, 0.29) is 24.2 Å². The van der Waals surface area contributed by atoms with Gasteiger partial charge < -0.3 is 5.32 Å². The van der Waals surface area contributed by atoms with Gasteiger partial charge in [0.2, 0.25) is 0 Å². The highest BCUT2D eigenvalue weighted by Gasteiger charge is 2.48. The van der Waals surface area contributed by atoms with Gasteiger partial charge in [0.05, 0.1) is 17.8 Å². The molecule has 2 aliphatic carbocycles. The zero-order valence-corrected chi connectivity index (χ0v) is 34.6. The SMILES string of the molecule is C1=CC(C2=NC(C3CC=C(c4cccc(C5c6ccccc6C6C(c7ccccc7)CNN6C5c5ccccc5)c4)CC3)NC(c3ccc(-c4ccccc4)cc3)=C2)=CCC1. The van der Waals surface area contributed by atoms with Gasteiger partial charge in [-0.25, -0.2) is 5.01 Å². The molecule has 5 aliphatic rings. The van der Waals surface area contributed by atoms with Crippen LogP contribution in [0, 0.1) is 5.92 Å². The van der Waals surface area contributed by atoms with Crippen molar-refractivity contribution in [2.24, 2.45) is 10.9 Å². The third-order valence-electron chi connectivity index (χ3n) is 13.8. The van der Waals surface area contributed by atoms with Crippen LogP contribution in [0.4, 0.5) is 0 Å². The topological polar surface area (TPSA) is 39.7 Å². The van der Waals surface area contributed by atoms with Crippen LogP contribution in [0.2, 0.25) is 0 Å². The first-order valence-electron chi connectivity index (χ1n) is 22.3. The van der Waals surface area contributed by atoms with Gasteiger partial charge in [-0.15, -0.1) is 0 Å². The van der Waals surface area contributed by atoms with Gasteiger partial charge in [0.1, 0.15) is 6.17 Å². The Bertz CT molecular complexity index is 2670. The van der Waals surface area contributed by atoms with E-state index in [1.807, 2.05) is 0 Å². The van der Waals surface area contributed by atoms with Crippen molar-refractivity contribution in [1.82, 2.24) is 15.8 Å². The third-order valence-corrected chi connectivity index (χ3v) is 13.8. The summed E-state index contributed by atoms with van der Waals surface area (Å²) in [7, 11) is 0. The highest BCUT2D eigenvalue weighted by molar-refractivity contribution is 6.14. The molecule has 0 saturated carbocycles. The summed E-state index contributed by atoms with van der Waals surface area (Å²) in [6.45, 7) is 0.917. The molecule has 6 aromatic carbocycles. The van der Waals surface area contributed by atoms with E-state index < -0.39 is 0 Å². The second kappa shape index (κ2) is 16.6. The zero-order chi connectivity index (χ0) is 40.5. The highest BCUT2D eigenvalue weighted by Crippen LogP contribution is 2.55. The molecule has 2 N–H and O–H groups in total. The number of allylic oxidation sites excluding steroid dienone is 7. The van der Waals surface area contributed by atoms with Crippen molar-refractivity contribution in [2.45, 2.75) is 62.2 Å². The Labute approximate surface area is 360 Å². The number of nitrogens with zero attached hydrogens (tertiary/aromatic N) is 2.